The van der Waals surface area contributed by atoms with E-state index in [1.807, 2.05) is 41.5 Å². The van der Waals surface area contributed by atoms with Gasteiger partial charge in [0.2, 0.25) is 5.88 Å². The minimum absolute atomic E-state index is 0.0598. The Labute approximate surface area is 149 Å². The molecule has 0 aromatic carbocycles. The first kappa shape index (κ1) is 20.8. The molecule has 1 atom stereocenters. The van der Waals surface area contributed by atoms with Gasteiger partial charge in [-0.3, -0.25) is 0 Å². The molecule has 0 N–H and O–H groups in total. The molecule has 0 aliphatic carbocycles. The molecule has 0 aliphatic rings. The Balaban J connectivity index is 2.70. The molecule has 0 saturated carbocycles. The highest BCUT2D eigenvalue weighted by Crippen LogP contribution is 2.21. The first-order valence-electron chi connectivity index (χ1n) is 8.36. The normalized spacial score (nSPS) is 13.5. The molecule has 1 aromatic heterocycles. The molecule has 138 valence electrons. The minimum Gasteiger partial charge on any atom is -0.474 e. The van der Waals surface area contributed by atoms with Crippen LogP contribution in [0.1, 0.15) is 52.3 Å². The summed E-state index contributed by atoms with van der Waals surface area (Å²) < 4.78 is 21.1. The number of aryl methyl sites for hydroxylation is 2. The second-order valence-corrected chi connectivity index (χ2v) is 6.88. The summed E-state index contributed by atoms with van der Waals surface area (Å²) in [6.45, 7) is 11.5. The van der Waals surface area contributed by atoms with Gasteiger partial charge in [-0.1, -0.05) is 23.9 Å². The van der Waals surface area contributed by atoms with E-state index >= 15 is 0 Å². The lowest BCUT2D eigenvalue weighted by atomic mass is 9.98. The predicted octanol–water partition coefficient (Wildman–Crippen LogP) is 4.16. The van der Waals surface area contributed by atoms with Crippen LogP contribution in [0, 0.1) is 24.2 Å². The molecule has 5 nitrogen and oxygen atoms in total. The van der Waals surface area contributed by atoms with Gasteiger partial charge in [-0.2, -0.15) is 5.10 Å². The fourth-order valence-corrected chi connectivity index (χ4v) is 1.78. The molecule has 1 aromatic rings. The zero-order chi connectivity index (χ0) is 19.0. The lowest BCUT2D eigenvalue weighted by Crippen LogP contribution is -2.13. The summed E-state index contributed by atoms with van der Waals surface area (Å²) in [6.07, 6.45) is 3.63. The van der Waals surface area contributed by atoms with Gasteiger partial charge in [0.05, 0.1) is 23.6 Å². The van der Waals surface area contributed by atoms with Gasteiger partial charge in [-0.05, 0) is 41.0 Å². The standard InChI is InChI=1S/C19H28FN3O2/c1-8-14(2)25-18-17(15(3)22-23(18)7)12-21-24-13-16(20)10-9-11-19(4,5)6/h10,12,14H,8,13H2,1-7H3. The van der Waals surface area contributed by atoms with Gasteiger partial charge in [0.15, 0.2) is 6.61 Å². The highest BCUT2D eigenvalue weighted by Gasteiger charge is 2.15. The number of hydrogen-bond acceptors (Lipinski definition) is 4. The van der Waals surface area contributed by atoms with Crippen molar-refractivity contribution in [3.8, 4) is 17.7 Å². The summed E-state index contributed by atoms with van der Waals surface area (Å²) in [4.78, 5) is 5.00. The molecule has 0 amide bonds. The molecule has 0 radical (unpaired) electrons. The van der Waals surface area contributed by atoms with Crippen LogP contribution in [0.3, 0.4) is 0 Å². The van der Waals surface area contributed by atoms with E-state index in [0.29, 0.717) is 5.88 Å². The van der Waals surface area contributed by atoms with Crippen molar-refractivity contribution in [3.05, 3.63) is 23.2 Å². The van der Waals surface area contributed by atoms with Gasteiger partial charge >= 0.3 is 0 Å². The maximum atomic E-state index is 13.6. The average Bonchev–Trinajstić information content (AvgIpc) is 2.76. The number of oxime groups is 1. The molecule has 25 heavy (non-hydrogen) atoms. The van der Waals surface area contributed by atoms with E-state index in [1.54, 1.807) is 11.7 Å². The van der Waals surface area contributed by atoms with Crippen LogP contribution in [0.2, 0.25) is 0 Å². The Morgan fingerprint density at radius 1 is 1.44 bits per heavy atom. The summed E-state index contributed by atoms with van der Waals surface area (Å²) in [5, 5.41) is 8.14. The van der Waals surface area contributed by atoms with E-state index in [9.17, 15) is 4.39 Å². The fraction of sp³-hybridized carbons (Fsp3) is 0.579. The number of allylic oxidation sites excluding steroid dienone is 1. The van der Waals surface area contributed by atoms with Crippen LogP contribution in [-0.2, 0) is 11.9 Å². The highest BCUT2D eigenvalue weighted by atomic mass is 19.1. The number of aromatic nitrogens is 2. The first-order chi connectivity index (χ1) is 11.6. The van der Waals surface area contributed by atoms with Crippen LogP contribution < -0.4 is 4.74 Å². The summed E-state index contributed by atoms with van der Waals surface area (Å²) in [5.74, 6) is 5.74. The summed E-state index contributed by atoms with van der Waals surface area (Å²) in [7, 11) is 1.80. The minimum atomic E-state index is -0.479. The summed E-state index contributed by atoms with van der Waals surface area (Å²) >= 11 is 0. The average molecular weight is 349 g/mol. The van der Waals surface area contributed by atoms with Gasteiger partial charge in [-0.25, -0.2) is 9.07 Å². The molecule has 0 spiro atoms. The highest BCUT2D eigenvalue weighted by molar-refractivity contribution is 5.83. The van der Waals surface area contributed by atoms with Gasteiger partial charge in [-0.15, -0.1) is 0 Å². The van der Waals surface area contributed by atoms with E-state index in [4.69, 9.17) is 9.57 Å². The maximum Gasteiger partial charge on any atom is 0.221 e. The zero-order valence-corrected chi connectivity index (χ0v) is 16.2. The molecular weight excluding hydrogens is 321 g/mol. The van der Waals surface area contributed by atoms with E-state index in [-0.39, 0.29) is 18.1 Å². The van der Waals surface area contributed by atoms with Crippen LogP contribution in [0.4, 0.5) is 4.39 Å². The third-order valence-electron chi connectivity index (χ3n) is 3.24. The van der Waals surface area contributed by atoms with Crippen molar-refractivity contribution < 1.29 is 14.0 Å². The van der Waals surface area contributed by atoms with Crippen LogP contribution in [0.15, 0.2) is 17.1 Å². The smallest absolute Gasteiger partial charge is 0.221 e. The van der Waals surface area contributed by atoms with Crippen molar-refractivity contribution in [1.29, 1.82) is 0 Å². The molecule has 0 saturated heterocycles. The number of rotatable bonds is 7. The fourth-order valence-electron chi connectivity index (χ4n) is 1.78. The molecule has 0 fully saturated rings. The summed E-state index contributed by atoms with van der Waals surface area (Å²) in [6, 6.07) is 0. The van der Waals surface area contributed by atoms with Crippen molar-refractivity contribution in [2.24, 2.45) is 17.6 Å². The SMILES string of the molecule is CCC(C)Oc1c(C=NOCC(F)=CC#CC(C)(C)C)c(C)nn1C. The molecule has 0 bridgehead atoms. The van der Waals surface area contributed by atoms with E-state index in [0.717, 1.165) is 17.7 Å². The van der Waals surface area contributed by atoms with Crippen LogP contribution in [-0.4, -0.2) is 28.7 Å². The van der Waals surface area contributed by atoms with Crippen molar-refractivity contribution >= 4 is 6.21 Å². The number of nitrogens with zero attached hydrogens (tertiary/aromatic N) is 3. The zero-order valence-electron chi connectivity index (χ0n) is 16.2. The van der Waals surface area contributed by atoms with Crippen LogP contribution in [0.25, 0.3) is 0 Å². The summed E-state index contributed by atoms with van der Waals surface area (Å²) in [5.41, 5.74) is 1.32. The Morgan fingerprint density at radius 3 is 2.72 bits per heavy atom. The topological polar surface area (TPSA) is 48.6 Å². The largest absolute Gasteiger partial charge is 0.474 e. The lowest BCUT2D eigenvalue weighted by Gasteiger charge is -2.13. The van der Waals surface area contributed by atoms with Crippen LogP contribution in [0.5, 0.6) is 5.88 Å². The second kappa shape index (κ2) is 9.26. The molecule has 1 unspecified atom stereocenters. The molecule has 0 aliphatic heterocycles. The third kappa shape index (κ3) is 7.42. The number of hydrogen-bond donors (Lipinski definition) is 0. The lowest BCUT2D eigenvalue weighted by molar-refractivity contribution is 0.154. The third-order valence-corrected chi connectivity index (χ3v) is 3.24. The van der Waals surface area contributed by atoms with E-state index in [2.05, 4.69) is 22.1 Å². The van der Waals surface area contributed by atoms with E-state index in [1.165, 1.54) is 12.3 Å². The Bertz CT molecular complexity index is 688. The molecule has 6 heteroatoms. The van der Waals surface area contributed by atoms with Crippen molar-refractivity contribution in [2.75, 3.05) is 6.61 Å². The second-order valence-electron chi connectivity index (χ2n) is 6.88. The Morgan fingerprint density at radius 2 is 2.12 bits per heavy atom. The number of ether oxygens (including phenoxy) is 1. The van der Waals surface area contributed by atoms with Gasteiger partial charge in [0.1, 0.15) is 5.83 Å². The first-order valence-corrected chi connectivity index (χ1v) is 8.36. The number of halogens is 1. The molecule has 1 heterocycles. The van der Waals surface area contributed by atoms with Crippen molar-refractivity contribution in [2.45, 2.75) is 54.1 Å². The Hall–Kier alpha value is -2.29. The van der Waals surface area contributed by atoms with Crippen LogP contribution >= 0.6 is 0 Å². The predicted molar refractivity (Wildman–Crippen MR) is 98.3 cm³/mol. The Kier molecular flexibility index (Phi) is 7.69. The van der Waals surface area contributed by atoms with Crippen molar-refractivity contribution in [1.82, 2.24) is 9.78 Å². The van der Waals surface area contributed by atoms with Gasteiger partial charge < -0.3 is 9.57 Å². The van der Waals surface area contributed by atoms with Gasteiger partial charge in [0, 0.05) is 18.5 Å². The molecule has 1 rings (SSSR count). The van der Waals surface area contributed by atoms with Gasteiger partial charge in [0.25, 0.3) is 0 Å². The maximum absolute atomic E-state index is 13.6. The monoisotopic (exact) mass is 349 g/mol. The van der Waals surface area contributed by atoms with E-state index < -0.39 is 5.83 Å². The molecular formula is C19H28FN3O2. The van der Waals surface area contributed by atoms with Crippen molar-refractivity contribution in [3.63, 3.8) is 0 Å². The quantitative estimate of drug-likeness (QED) is 0.422.